The van der Waals surface area contributed by atoms with Crippen LogP contribution in [-0.4, -0.2) is 37.7 Å². The van der Waals surface area contributed by atoms with Crippen molar-refractivity contribution in [2.75, 3.05) is 24.8 Å². The Morgan fingerprint density at radius 2 is 2.00 bits per heavy atom. The Balaban J connectivity index is 1.31. The smallest absolute Gasteiger partial charge is 0.338 e. The third-order valence-electron chi connectivity index (χ3n) is 5.08. The lowest BCUT2D eigenvalue weighted by molar-refractivity contribution is -0.124. The van der Waals surface area contributed by atoms with Crippen molar-refractivity contribution in [3.05, 3.63) is 53.6 Å². The molecule has 0 radical (unpaired) electrons. The van der Waals surface area contributed by atoms with Gasteiger partial charge in [0.15, 0.2) is 18.1 Å². The maximum atomic E-state index is 12.3. The van der Waals surface area contributed by atoms with E-state index in [2.05, 4.69) is 5.32 Å². The molecule has 0 aliphatic carbocycles. The highest BCUT2D eigenvalue weighted by atomic mass is 16.7. The molecule has 156 valence electrons. The lowest BCUT2D eigenvalue weighted by atomic mass is 10.1. The van der Waals surface area contributed by atoms with Crippen molar-refractivity contribution in [2.24, 2.45) is 0 Å². The topological polar surface area (TPSA) is 94.2 Å². The van der Waals surface area contributed by atoms with Gasteiger partial charge in [-0.1, -0.05) is 12.1 Å². The van der Waals surface area contributed by atoms with E-state index in [1.807, 2.05) is 19.1 Å². The van der Waals surface area contributed by atoms with E-state index in [1.54, 1.807) is 35.2 Å². The van der Waals surface area contributed by atoms with Crippen LogP contribution in [0.2, 0.25) is 0 Å². The van der Waals surface area contributed by atoms with Gasteiger partial charge in [0.2, 0.25) is 12.7 Å². The number of carbonyl (C=O) groups excluding carboxylic acids is 3. The molecule has 0 aromatic heterocycles. The van der Waals surface area contributed by atoms with E-state index in [9.17, 15) is 14.4 Å². The van der Waals surface area contributed by atoms with Crippen LogP contribution in [0.4, 0.5) is 5.69 Å². The maximum Gasteiger partial charge on any atom is 0.338 e. The number of benzene rings is 2. The van der Waals surface area contributed by atoms with Gasteiger partial charge in [-0.3, -0.25) is 9.59 Å². The standard InChI is InChI=1S/C22H22N2O6/c1-14(15-7-8-18-19(11-15)30-13-29-18)23-20(25)12-28-22(27)16-4-2-5-17(10-16)24-9-3-6-21(24)26/h2,4-5,7-8,10-11,14H,3,6,9,12-13H2,1H3,(H,23,25)/t14-/m0/s1. The van der Waals surface area contributed by atoms with E-state index in [0.717, 1.165) is 12.0 Å². The number of anilines is 1. The maximum absolute atomic E-state index is 12.3. The van der Waals surface area contributed by atoms with E-state index in [1.165, 1.54) is 0 Å². The molecule has 2 aromatic carbocycles. The fraction of sp³-hybridized carbons (Fsp3) is 0.318. The number of amides is 2. The zero-order chi connectivity index (χ0) is 21.1. The molecule has 1 saturated heterocycles. The molecule has 1 N–H and O–H groups in total. The molecule has 2 heterocycles. The van der Waals surface area contributed by atoms with Gasteiger partial charge in [-0.25, -0.2) is 4.79 Å². The molecular formula is C22H22N2O6. The Labute approximate surface area is 173 Å². The van der Waals surface area contributed by atoms with Crippen LogP contribution in [-0.2, 0) is 14.3 Å². The molecule has 8 nitrogen and oxygen atoms in total. The summed E-state index contributed by atoms with van der Waals surface area (Å²) >= 11 is 0. The van der Waals surface area contributed by atoms with Crippen LogP contribution in [0.15, 0.2) is 42.5 Å². The first-order valence-electron chi connectivity index (χ1n) is 9.78. The molecule has 0 spiro atoms. The van der Waals surface area contributed by atoms with Gasteiger partial charge in [-0.05, 0) is 49.2 Å². The number of nitrogens with one attached hydrogen (secondary N) is 1. The van der Waals surface area contributed by atoms with Crippen LogP contribution >= 0.6 is 0 Å². The average molecular weight is 410 g/mol. The quantitative estimate of drug-likeness (QED) is 0.736. The number of esters is 1. The van der Waals surface area contributed by atoms with E-state index >= 15 is 0 Å². The first-order chi connectivity index (χ1) is 14.5. The van der Waals surface area contributed by atoms with Crippen LogP contribution in [0, 0.1) is 0 Å². The second-order valence-corrected chi connectivity index (χ2v) is 7.18. The third kappa shape index (κ3) is 4.22. The summed E-state index contributed by atoms with van der Waals surface area (Å²) in [6.45, 7) is 2.24. The predicted octanol–water partition coefficient (Wildman–Crippen LogP) is 2.58. The van der Waals surface area contributed by atoms with E-state index in [-0.39, 0.29) is 18.7 Å². The van der Waals surface area contributed by atoms with E-state index < -0.39 is 18.5 Å². The number of nitrogens with zero attached hydrogens (tertiary/aromatic N) is 1. The summed E-state index contributed by atoms with van der Waals surface area (Å²) in [6.07, 6.45) is 1.31. The fourth-order valence-electron chi connectivity index (χ4n) is 3.49. The van der Waals surface area contributed by atoms with Crippen LogP contribution < -0.4 is 19.7 Å². The van der Waals surface area contributed by atoms with Gasteiger partial charge in [0.1, 0.15) is 0 Å². The number of carbonyl (C=O) groups is 3. The van der Waals surface area contributed by atoms with Gasteiger partial charge >= 0.3 is 5.97 Å². The van der Waals surface area contributed by atoms with E-state index in [0.29, 0.717) is 35.7 Å². The van der Waals surface area contributed by atoms with Crippen molar-refractivity contribution in [2.45, 2.75) is 25.8 Å². The molecule has 30 heavy (non-hydrogen) atoms. The lowest BCUT2D eigenvalue weighted by Gasteiger charge is -2.17. The molecule has 2 aromatic rings. The molecule has 1 atom stereocenters. The van der Waals surface area contributed by atoms with Gasteiger partial charge in [0, 0.05) is 18.7 Å². The Bertz CT molecular complexity index is 989. The first-order valence-corrected chi connectivity index (χ1v) is 9.78. The number of hydrogen-bond donors (Lipinski definition) is 1. The monoisotopic (exact) mass is 410 g/mol. The van der Waals surface area contributed by atoms with Crippen molar-refractivity contribution in [3.63, 3.8) is 0 Å². The molecule has 0 saturated carbocycles. The summed E-state index contributed by atoms with van der Waals surface area (Å²) in [5.74, 6) is 0.312. The first kappa shape index (κ1) is 19.8. The highest BCUT2D eigenvalue weighted by Gasteiger charge is 2.23. The number of rotatable bonds is 6. The van der Waals surface area contributed by atoms with Crippen molar-refractivity contribution in [1.82, 2.24) is 5.32 Å². The van der Waals surface area contributed by atoms with Gasteiger partial charge in [-0.2, -0.15) is 0 Å². The van der Waals surface area contributed by atoms with Gasteiger partial charge in [0.25, 0.3) is 5.91 Å². The Kier molecular flexibility index (Phi) is 5.56. The number of fused-ring (bicyclic) bond motifs is 1. The molecule has 1 fully saturated rings. The summed E-state index contributed by atoms with van der Waals surface area (Å²) < 4.78 is 15.8. The molecule has 2 amide bonds. The molecule has 4 rings (SSSR count). The fourth-order valence-corrected chi connectivity index (χ4v) is 3.49. The predicted molar refractivity (Wildman–Crippen MR) is 107 cm³/mol. The molecule has 0 bridgehead atoms. The molecule has 8 heteroatoms. The van der Waals surface area contributed by atoms with Gasteiger partial charge in [-0.15, -0.1) is 0 Å². The number of ether oxygens (including phenoxy) is 3. The Morgan fingerprint density at radius 1 is 1.17 bits per heavy atom. The summed E-state index contributed by atoms with van der Waals surface area (Å²) in [6, 6.07) is 11.8. The largest absolute Gasteiger partial charge is 0.454 e. The van der Waals surface area contributed by atoms with Gasteiger partial charge in [0.05, 0.1) is 11.6 Å². The van der Waals surface area contributed by atoms with Crippen LogP contribution in [0.25, 0.3) is 0 Å². The van der Waals surface area contributed by atoms with Crippen molar-refractivity contribution < 1.29 is 28.6 Å². The highest BCUT2D eigenvalue weighted by Crippen LogP contribution is 2.34. The zero-order valence-corrected chi connectivity index (χ0v) is 16.6. The molecule has 0 unspecified atom stereocenters. The van der Waals surface area contributed by atoms with Crippen LogP contribution in [0.3, 0.4) is 0 Å². The zero-order valence-electron chi connectivity index (χ0n) is 16.6. The minimum absolute atomic E-state index is 0.0393. The molecular weight excluding hydrogens is 388 g/mol. The second-order valence-electron chi connectivity index (χ2n) is 7.18. The molecule has 2 aliphatic rings. The Hall–Kier alpha value is -3.55. The number of hydrogen-bond acceptors (Lipinski definition) is 6. The highest BCUT2D eigenvalue weighted by molar-refractivity contribution is 5.97. The summed E-state index contributed by atoms with van der Waals surface area (Å²) in [5, 5.41) is 2.79. The van der Waals surface area contributed by atoms with E-state index in [4.69, 9.17) is 14.2 Å². The van der Waals surface area contributed by atoms with Crippen LogP contribution in [0.5, 0.6) is 11.5 Å². The minimum atomic E-state index is -0.616. The lowest BCUT2D eigenvalue weighted by Crippen LogP contribution is -2.31. The SMILES string of the molecule is C[C@H](NC(=O)COC(=O)c1cccc(N2CCCC2=O)c1)c1ccc2c(c1)OCO2. The third-order valence-corrected chi connectivity index (χ3v) is 5.08. The van der Waals surface area contributed by atoms with Crippen LogP contribution in [0.1, 0.15) is 41.7 Å². The van der Waals surface area contributed by atoms with Crippen molar-refractivity contribution in [1.29, 1.82) is 0 Å². The normalized spacial score (nSPS) is 15.8. The Morgan fingerprint density at radius 3 is 2.80 bits per heavy atom. The van der Waals surface area contributed by atoms with Crippen molar-refractivity contribution in [3.8, 4) is 11.5 Å². The molecule has 2 aliphatic heterocycles. The average Bonchev–Trinajstić information content (AvgIpc) is 3.40. The minimum Gasteiger partial charge on any atom is -0.454 e. The summed E-state index contributed by atoms with van der Waals surface area (Å²) in [4.78, 5) is 38.1. The van der Waals surface area contributed by atoms with Crippen molar-refractivity contribution >= 4 is 23.5 Å². The summed E-state index contributed by atoms with van der Waals surface area (Å²) in [5.41, 5.74) is 1.80. The summed E-state index contributed by atoms with van der Waals surface area (Å²) in [7, 11) is 0. The van der Waals surface area contributed by atoms with Gasteiger partial charge < -0.3 is 24.4 Å². The second kappa shape index (κ2) is 8.44.